The second-order valence-corrected chi connectivity index (χ2v) is 8.42. The van der Waals surface area contributed by atoms with E-state index in [1.165, 1.54) is 4.90 Å². The average molecular weight is 539 g/mol. The smallest absolute Gasteiger partial charge is 0.312 e. The molecule has 2 aromatic carbocycles. The lowest BCUT2D eigenvalue weighted by Crippen LogP contribution is -2.54. The van der Waals surface area contributed by atoms with Crippen LogP contribution in [0.5, 0.6) is 11.5 Å². The molecule has 0 bridgehead atoms. The molecule has 0 unspecified atom stereocenters. The molecule has 12 nitrogen and oxygen atoms in total. The number of rotatable bonds is 12. The van der Waals surface area contributed by atoms with E-state index in [1.807, 2.05) is 0 Å². The van der Waals surface area contributed by atoms with E-state index in [0.717, 1.165) is 6.92 Å². The summed E-state index contributed by atoms with van der Waals surface area (Å²) < 4.78 is 11.3. The molecule has 1 fully saturated rings. The van der Waals surface area contributed by atoms with Crippen LogP contribution >= 0.6 is 0 Å². The molecule has 1 aliphatic heterocycles. The van der Waals surface area contributed by atoms with Crippen molar-refractivity contribution >= 4 is 29.5 Å². The maximum absolute atomic E-state index is 12.4. The highest BCUT2D eigenvalue weighted by molar-refractivity contribution is 6.35. The van der Waals surface area contributed by atoms with Crippen molar-refractivity contribution in [2.24, 2.45) is 11.5 Å². The molecule has 2 aromatic rings. The summed E-state index contributed by atoms with van der Waals surface area (Å²) in [5, 5.41) is 22.2. The van der Waals surface area contributed by atoms with Gasteiger partial charge in [0.1, 0.15) is 29.8 Å². The molecular formula is C27H34N6O6. The number of benzene rings is 2. The monoisotopic (exact) mass is 538 g/mol. The zero-order chi connectivity index (χ0) is 28.8. The van der Waals surface area contributed by atoms with Crippen molar-refractivity contribution in [3.63, 3.8) is 0 Å². The van der Waals surface area contributed by atoms with Crippen LogP contribution in [0.15, 0.2) is 60.7 Å². The van der Waals surface area contributed by atoms with E-state index >= 15 is 0 Å². The fraction of sp³-hybridized carbons (Fsp3) is 0.296. The van der Waals surface area contributed by atoms with E-state index in [0.29, 0.717) is 68.4 Å². The summed E-state index contributed by atoms with van der Waals surface area (Å²) in [7, 11) is 0. The Kier molecular flexibility index (Phi) is 12.0. The summed E-state index contributed by atoms with van der Waals surface area (Å²) in [6, 6.07) is 13.8. The fourth-order valence-electron chi connectivity index (χ4n) is 3.42. The lowest BCUT2D eigenvalue weighted by molar-refractivity contribution is -0.155. The summed E-state index contributed by atoms with van der Waals surface area (Å²) in [5.74, 6) is -0.538. The third-order valence-corrected chi connectivity index (χ3v) is 5.41. The number of carbonyl (C=O) groups is 3. The zero-order valence-corrected chi connectivity index (χ0v) is 21.8. The molecule has 2 amide bonds. The summed E-state index contributed by atoms with van der Waals surface area (Å²) in [6.45, 7) is 3.53. The predicted molar refractivity (Wildman–Crippen MR) is 146 cm³/mol. The van der Waals surface area contributed by atoms with Gasteiger partial charge in [0.05, 0.1) is 6.61 Å². The number of hydrogen-bond donors (Lipinski definition) is 5. The van der Waals surface area contributed by atoms with Crippen LogP contribution in [0.1, 0.15) is 24.5 Å². The number of amides is 2. The number of ether oxygens (including phenoxy) is 2. The summed E-state index contributed by atoms with van der Waals surface area (Å²) >= 11 is 0. The number of amidine groups is 2. The topological polar surface area (TPSA) is 196 Å². The molecule has 12 heteroatoms. The quantitative estimate of drug-likeness (QED) is 0.0879. The van der Waals surface area contributed by atoms with Gasteiger partial charge in [-0.2, -0.15) is 0 Å². The molecule has 1 saturated heterocycles. The molecule has 0 saturated carbocycles. The van der Waals surface area contributed by atoms with E-state index in [1.54, 1.807) is 65.6 Å². The highest BCUT2D eigenvalue weighted by Gasteiger charge is 2.31. The Balaban J connectivity index is 0.00000124. The first-order valence-electron chi connectivity index (χ1n) is 12.2. The standard InChI is InChI=1S/C25H30N6O4.C2H4O2/c26-22(27)18-4-8-20(9-5-18)34-16-2-1-12-30-14-15-31(25(33)24(30)32)13-3-17-35-21-10-6-19(7-11-21)23(28)29;1-2(3)4/h1-2,4-11H,3,12-17H2,(H3,26,27)(H3,28,29);1H3,(H,3,4)/b2-1+;. The van der Waals surface area contributed by atoms with E-state index in [9.17, 15) is 9.59 Å². The van der Waals surface area contributed by atoms with Crippen LogP contribution in [0.3, 0.4) is 0 Å². The lowest BCUT2D eigenvalue weighted by atomic mass is 10.2. The van der Waals surface area contributed by atoms with Gasteiger partial charge in [0.25, 0.3) is 5.97 Å². The van der Waals surface area contributed by atoms with Gasteiger partial charge in [-0.1, -0.05) is 6.08 Å². The van der Waals surface area contributed by atoms with Gasteiger partial charge < -0.3 is 35.8 Å². The largest absolute Gasteiger partial charge is 0.494 e. The Morgan fingerprint density at radius 2 is 1.33 bits per heavy atom. The molecular weight excluding hydrogens is 504 g/mol. The van der Waals surface area contributed by atoms with Gasteiger partial charge in [0.15, 0.2) is 0 Å². The summed E-state index contributed by atoms with van der Waals surface area (Å²) in [6.07, 6.45) is 4.19. The molecule has 0 aromatic heterocycles. The number of nitrogens with one attached hydrogen (secondary N) is 2. The number of carbonyl (C=O) groups excluding carboxylic acids is 2. The summed E-state index contributed by atoms with van der Waals surface area (Å²) in [4.78, 5) is 36.9. The number of nitrogens with two attached hydrogens (primary N) is 2. The molecule has 3 rings (SSSR count). The number of carboxylic acids is 1. The third kappa shape index (κ3) is 10.6. The van der Waals surface area contributed by atoms with Crippen molar-refractivity contribution in [2.75, 3.05) is 39.4 Å². The maximum Gasteiger partial charge on any atom is 0.312 e. The minimum Gasteiger partial charge on any atom is -0.494 e. The second kappa shape index (κ2) is 15.4. The van der Waals surface area contributed by atoms with Gasteiger partial charge in [-0.05, 0) is 61.0 Å². The first-order chi connectivity index (χ1) is 18.6. The highest BCUT2D eigenvalue weighted by Crippen LogP contribution is 2.13. The number of hydrogen-bond acceptors (Lipinski definition) is 7. The number of nitrogens with zero attached hydrogens (tertiary/aromatic N) is 2. The van der Waals surface area contributed by atoms with Crippen molar-refractivity contribution in [3.05, 3.63) is 71.8 Å². The Morgan fingerprint density at radius 3 is 1.85 bits per heavy atom. The maximum atomic E-state index is 12.4. The normalized spacial score (nSPS) is 13.1. The Labute approximate surface area is 226 Å². The minimum atomic E-state index is -0.833. The van der Waals surface area contributed by atoms with E-state index < -0.39 is 17.8 Å². The van der Waals surface area contributed by atoms with Gasteiger partial charge in [-0.25, -0.2) is 0 Å². The molecule has 0 aliphatic carbocycles. The highest BCUT2D eigenvalue weighted by atomic mass is 16.5. The van der Waals surface area contributed by atoms with Crippen LogP contribution in [-0.4, -0.2) is 83.8 Å². The predicted octanol–water partition coefficient (Wildman–Crippen LogP) is 1.42. The minimum absolute atomic E-state index is 0.000000956. The first kappa shape index (κ1) is 30.4. The Morgan fingerprint density at radius 1 is 0.872 bits per heavy atom. The van der Waals surface area contributed by atoms with Crippen LogP contribution in [0, 0.1) is 10.8 Å². The second-order valence-electron chi connectivity index (χ2n) is 8.42. The van der Waals surface area contributed by atoms with Crippen LogP contribution in [0.25, 0.3) is 0 Å². The van der Waals surface area contributed by atoms with Crippen molar-refractivity contribution < 1.29 is 29.0 Å². The fourth-order valence-corrected chi connectivity index (χ4v) is 3.42. The van der Waals surface area contributed by atoms with Crippen LogP contribution in [0.2, 0.25) is 0 Å². The molecule has 1 heterocycles. The third-order valence-electron chi connectivity index (χ3n) is 5.41. The molecule has 208 valence electrons. The number of carboxylic acid groups (broad SMARTS) is 1. The van der Waals surface area contributed by atoms with E-state index in [4.69, 9.17) is 41.7 Å². The SMILES string of the molecule is CC(=O)O.N=C(N)c1ccc(OC/C=C/CN2CCN(CCCOc3ccc(C(=N)N)cc3)C(=O)C2=O)cc1. The summed E-state index contributed by atoms with van der Waals surface area (Å²) in [5.41, 5.74) is 12.1. The number of nitrogen functional groups attached to an aromatic ring is 2. The van der Waals surface area contributed by atoms with Crippen molar-refractivity contribution in [1.29, 1.82) is 10.8 Å². The van der Waals surface area contributed by atoms with Crippen molar-refractivity contribution in [2.45, 2.75) is 13.3 Å². The van der Waals surface area contributed by atoms with Gasteiger partial charge in [-0.15, -0.1) is 0 Å². The zero-order valence-electron chi connectivity index (χ0n) is 21.8. The van der Waals surface area contributed by atoms with Gasteiger partial charge >= 0.3 is 11.8 Å². The molecule has 39 heavy (non-hydrogen) atoms. The average Bonchev–Trinajstić information content (AvgIpc) is 2.90. The molecule has 7 N–H and O–H groups in total. The van der Waals surface area contributed by atoms with Gasteiger partial charge in [0, 0.05) is 44.2 Å². The van der Waals surface area contributed by atoms with E-state index in [2.05, 4.69) is 0 Å². The molecule has 0 spiro atoms. The van der Waals surface area contributed by atoms with E-state index in [-0.39, 0.29) is 11.7 Å². The Hall–Kier alpha value is -4.87. The van der Waals surface area contributed by atoms with Crippen LogP contribution in [-0.2, 0) is 14.4 Å². The van der Waals surface area contributed by atoms with Gasteiger partial charge in [-0.3, -0.25) is 25.2 Å². The first-order valence-corrected chi connectivity index (χ1v) is 12.2. The molecule has 0 radical (unpaired) electrons. The molecule has 1 aliphatic rings. The van der Waals surface area contributed by atoms with Crippen molar-refractivity contribution in [3.8, 4) is 11.5 Å². The molecule has 0 atom stereocenters. The number of aliphatic carboxylic acids is 1. The van der Waals surface area contributed by atoms with Gasteiger partial charge in [0.2, 0.25) is 0 Å². The lowest BCUT2D eigenvalue weighted by Gasteiger charge is -2.33. The van der Waals surface area contributed by atoms with Crippen LogP contribution < -0.4 is 20.9 Å². The Bertz CT molecular complexity index is 1180. The van der Waals surface area contributed by atoms with Crippen LogP contribution in [0.4, 0.5) is 0 Å². The van der Waals surface area contributed by atoms with Crippen molar-refractivity contribution in [1.82, 2.24) is 9.80 Å². The number of piperazine rings is 1.